The molecule has 1 saturated heterocycles. The van der Waals surface area contributed by atoms with E-state index in [0.717, 1.165) is 44.2 Å². The lowest BCUT2D eigenvalue weighted by Crippen LogP contribution is -2.52. The van der Waals surface area contributed by atoms with Gasteiger partial charge in [-0.25, -0.2) is 0 Å². The van der Waals surface area contributed by atoms with Crippen molar-refractivity contribution in [1.82, 2.24) is 9.80 Å². The van der Waals surface area contributed by atoms with Gasteiger partial charge in [-0.3, -0.25) is 14.6 Å². The predicted molar refractivity (Wildman–Crippen MR) is 118 cm³/mol. The molecule has 1 N–H and O–H groups in total. The Morgan fingerprint density at radius 1 is 0.967 bits per heavy atom. The number of nitrogens with one attached hydrogen (secondary N) is 1. The summed E-state index contributed by atoms with van der Waals surface area (Å²) in [6, 6.07) is 14.3. The van der Waals surface area contributed by atoms with E-state index in [4.69, 9.17) is 9.47 Å². The molecule has 0 aromatic heterocycles. The first-order chi connectivity index (χ1) is 14.5. The van der Waals surface area contributed by atoms with Crippen molar-refractivity contribution in [2.75, 3.05) is 38.3 Å². The van der Waals surface area contributed by atoms with Crippen LogP contribution in [-0.4, -0.2) is 54.7 Å². The molecule has 1 atom stereocenters. The van der Waals surface area contributed by atoms with Gasteiger partial charge in [-0.1, -0.05) is 38.1 Å². The lowest BCUT2D eigenvalue weighted by atomic mass is 10.0. The molecule has 160 valence electrons. The van der Waals surface area contributed by atoms with Crippen LogP contribution in [0.4, 0.5) is 5.69 Å². The number of amides is 1. The van der Waals surface area contributed by atoms with E-state index < -0.39 is 0 Å². The summed E-state index contributed by atoms with van der Waals surface area (Å²) in [7, 11) is 0. The fraction of sp³-hybridized carbons (Fsp3) is 0.458. The zero-order chi connectivity index (χ0) is 21.1. The van der Waals surface area contributed by atoms with E-state index in [9.17, 15) is 4.79 Å². The number of rotatable bonds is 6. The first-order valence-electron chi connectivity index (χ1n) is 10.8. The van der Waals surface area contributed by atoms with Gasteiger partial charge in [0, 0.05) is 44.5 Å². The molecule has 6 nitrogen and oxygen atoms in total. The maximum atomic E-state index is 12.7. The number of carbonyl (C=O) groups excluding carboxylic acids is 1. The van der Waals surface area contributed by atoms with Gasteiger partial charge in [0.05, 0.1) is 6.04 Å². The van der Waals surface area contributed by atoms with E-state index in [1.54, 1.807) is 0 Å². The molecule has 2 aliphatic heterocycles. The SMILES string of the molecule is CC(C)c1ccc(CN2CCN([C@@H](C)C(=O)Nc3ccc4c(c3)OCO4)CC2)cc1. The summed E-state index contributed by atoms with van der Waals surface area (Å²) < 4.78 is 10.7. The molecule has 0 bridgehead atoms. The third-order valence-electron chi connectivity index (χ3n) is 6.03. The Balaban J connectivity index is 1.26. The van der Waals surface area contributed by atoms with Crippen molar-refractivity contribution in [2.24, 2.45) is 0 Å². The van der Waals surface area contributed by atoms with Crippen LogP contribution in [0, 0.1) is 0 Å². The van der Waals surface area contributed by atoms with Crippen LogP contribution < -0.4 is 14.8 Å². The zero-order valence-corrected chi connectivity index (χ0v) is 18.1. The minimum atomic E-state index is -0.178. The number of hydrogen-bond acceptors (Lipinski definition) is 5. The highest BCUT2D eigenvalue weighted by Crippen LogP contribution is 2.34. The molecular weight excluding hydrogens is 378 g/mol. The largest absolute Gasteiger partial charge is 0.454 e. The van der Waals surface area contributed by atoms with Gasteiger partial charge in [0.15, 0.2) is 11.5 Å². The lowest BCUT2D eigenvalue weighted by molar-refractivity contribution is -0.121. The fourth-order valence-corrected chi connectivity index (χ4v) is 3.96. The summed E-state index contributed by atoms with van der Waals surface area (Å²) in [4.78, 5) is 17.4. The third-order valence-corrected chi connectivity index (χ3v) is 6.03. The van der Waals surface area contributed by atoms with E-state index in [0.29, 0.717) is 11.7 Å². The summed E-state index contributed by atoms with van der Waals surface area (Å²) in [5, 5.41) is 3.00. The van der Waals surface area contributed by atoms with Gasteiger partial charge in [0.25, 0.3) is 0 Å². The number of nitrogens with zero attached hydrogens (tertiary/aromatic N) is 2. The monoisotopic (exact) mass is 409 g/mol. The van der Waals surface area contributed by atoms with Crippen LogP contribution in [0.3, 0.4) is 0 Å². The summed E-state index contributed by atoms with van der Waals surface area (Å²) >= 11 is 0. The summed E-state index contributed by atoms with van der Waals surface area (Å²) in [5.41, 5.74) is 3.46. The van der Waals surface area contributed by atoms with Crippen LogP contribution in [0.25, 0.3) is 0 Å². The van der Waals surface area contributed by atoms with E-state index in [1.165, 1.54) is 11.1 Å². The molecule has 6 heteroatoms. The van der Waals surface area contributed by atoms with Crippen LogP contribution in [0.2, 0.25) is 0 Å². The lowest BCUT2D eigenvalue weighted by Gasteiger charge is -2.37. The highest BCUT2D eigenvalue weighted by Gasteiger charge is 2.26. The molecule has 0 aliphatic carbocycles. The molecule has 1 fully saturated rings. The second-order valence-corrected chi connectivity index (χ2v) is 8.44. The van der Waals surface area contributed by atoms with Crippen LogP contribution in [0.1, 0.15) is 37.8 Å². The standard InChI is InChI=1S/C24H31N3O3/c1-17(2)20-6-4-19(5-7-20)15-26-10-12-27(13-11-26)18(3)24(28)25-21-8-9-22-23(14-21)30-16-29-22/h4-9,14,17-18H,10-13,15-16H2,1-3H3,(H,25,28)/t18-/m0/s1. The van der Waals surface area contributed by atoms with Gasteiger partial charge < -0.3 is 14.8 Å². The topological polar surface area (TPSA) is 54.0 Å². The van der Waals surface area contributed by atoms with Crippen molar-refractivity contribution in [1.29, 1.82) is 0 Å². The molecule has 0 radical (unpaired) electrons. The van der Waals surface area contributed by atoms with E-state index in [2.05, 4.69) is 53.2 Å². The van der Waals surface area contributed by atoms with Gasteiger partial charge in [-0.05, 0) is 36.1 Å². The number of carbonyl (C=O) groups is 1. The summed E-state index contributed by atoms with van der Waals surface area (Å²) in [5.74, 6) is 1.96. The Bertz CT molecular complexity index is 874. The second kappa shape index (κ2) is 9.06. The van der Waals surface area contributed by atoms with Crippen molar-refractivity contribution in [3.8, 4) is 11.5 Å². The first-order valence-corrected chi connectivity index (χ1v) is 10.8. The van der Waals surface area contributed by atoms with Gasteiger partial charge in [0.1, 0.15) is 0 Å². The molecule has 2 aromatic carbocycles. The number of piperazine rings is 1. The van der Waals surface area contributed by atoms with Crippen LogP contribution in [0.15, 0.2) is 42.5 Å². The number of fused-ring (bicyclic) bond motifs is 1. The smallest absolute Gasteiger partial charge is 0.241 e. The Kier molecular flexibility index (Phi) is 6.25. The molecule has 4 rings (SSSR count). The van der Waals surface area contributed by atoms with Crippen LogP contribution >= 0.6 is 0 Å². The van der Waals surface area contributed by atoms with Gasteiger partial charge in [0.2, 0.25) is 12.7 Å². The molecule has 1 amide bonds. The highest BCUT2D eigenvalue weighted by molar-refractivity contribution is 5.94. The second-order valence-electron chi connectivity index (χ2n) is 8.44. The Morgan fingerprint density at radius 2 is 1.67 bits per heavy atom. The average molecular weight is 410 g/mol. The maximum absolute atomic E-state index is 12.7. The highest BCUT2D eigenvalue weighted by atomic mass is 16.7. The van der Waals surface area contributed by atoms with E-state index in [1.807, 2.05) is 25.1 Å². The zero-order valence-electron chi connectivity index (χ0n) is 18.1. The van der Waals surface area contributed by atoms with Crippen molar-refractivity contribution >= 4 is 11.6 Å². The Morgan fingerprint density at radius 3 is 2.37 bits per heavy atom. The van der Waals surface area contributed by atoms with E-state index in [-0.39, 0.29) is 18.7 Å². The molecule has 2 aromatic rings. The molecule has 0 spiro atoms. The summed E-state index contributed by atoms with van der Waals surface area (Å²) in [6.07, 6.45) is 0. The maximum Gasteiger partial charge on any atom is 0.241 e. The molecule has 0 saturated carbocycles. The van der Waals surface area contributed by atoms with Gasteiger partial charge in [-0.15, -0.1) is 0 Å². The van der Waals surface area contributed by atoms with Gasteiger partial charge in [-0.2, -0.15) is 0 Å². The molecule has 0 unspecified atom stereocenters. The van der Waals surface area contributed by atoms with E-state index >= 15 is 0 Å². The van der Waals surface area contributed by atoms with Crippen LogP contribution in [-0.2, 0) is 11.3 Å². The summed E-state index contributed by atoms with van der Waals surface area (Å²) in [6.45, 7) is 11.3. The number of benzene rings is 2. The van der Waals surface area contributed by atoms with Crippen molar-refractivity contribution in [2.45, 2.75) is 39.3 Å². The molecular formula is C24H31N3O3. The Labute approximate surface area is 178 Å². The normalized spacial score (nSPS) is 17.9. The number of anilines is 1. The van der Waals surface area contributed by atoms with Crippen molar-refractivity contribution in [3.05, 3.63) is 53.6 Å². The minimum absolute atomic E-state index is 0.00610. The average Bonchev–Trinajstić information content (AvgIpc) is 3.22. The van der Waals surface area contributed by atoms with Crippen molar-refractivity contribution < 1.29 is 14.3 Å². The molecule has 2 aliphatic rings. The fourth-order valence-electron chi connectivity index (χ4n) is 3.96. The Hall–Kier alpha value is -2.57. The molecule has 30 heavy (non-hydrogen) atoms. The van der Waals surface area contributed by atoms with Gasteiger partial charge >= 0.3 is 0 Å². The van der Waals surface area contributed by atoms with Crippen LogP contribution in [0.5, 0.6) is 11.5 Å². The third kappa shape index (κ3) is 4.77. The minimum Gasteiger partial charge on any atom is -0.454 e. The first kappa shape index (κ1) is 20.7. The quantitative estimate of drug-likeness (QED) is 0.789. The number of hydrogen-bond donors (Lipinski definition) is 1. The molecule has 2 heterocycles. The predicted octanol–water partition coefficient (Wildman–Crippen LogP) is 3.68. The van der Waals surface area contributed by atoms with Crippen molar-refractivity contribution in [3.63, 3.8) is 0 Å². The number of ether oxygens (including phenoxy) is 2.